The molecule has 27 heavy (non-hydrogen) atoms. The number of likely N-dealkylation sites (tertiary alicyclic amines) is 1. The molecule has 3 rings (SSSR count). The normalized spacial score (nSPS) is 20.0. The van der Waals surface area contributed by atoms with Gasteiger partial charge in [-0.3, -0.25) is 0 Å². The largest absolute Gasteiger partial charge is 0.373 e. The van der Waals surface area contributed by atoms with Crippen molar-refractivity contribution >= 4 is 16.0 Å². The highest BCUT2D eigenvalue weighted by Gasteiger charge is 2.33. The van der Waals surface area contributed by atoms with Gasteiger partial charge in [0.05, 0.1) is 5.69 Å². The van der Waals surface area contributed by atoms with Crippen LogP contribution in [-0.4, -0.2) is 78.7 Å². The Morgan fingerprint density at radius 1 is 1.15 bits per heavy atom. The highest BCUT2D eigenvalue weighted by atomic mass is 32.2. The number of hydrogen-bond donors (Lipinski definition) is 1. The van der Waals surface area contributed by atoms with E-state index in [2.05, 4.69) is 17.3 Å². The van der Waals surface area contributed by atoms with Gasteiger partial charge in [-0.25, -0.2) is 9.97 Å². The maximum Gasteiger partial charge on any atom is 0.282 e. The molecular formula is C18H32N6O2S. The quantitative estimate of drug-likeness (QED) is 0.780. The number of fused-ring (bicyclic) bond motifs is 1. The molecule has 0 spiro atoms. The van der Waals surface area contributed by atoms with E-state index in [1.54, 1.807) is 4.31 Å². The van der Waals surface area contributed by atoms with Crippen LogP contribution in [-0.2, 0) is 23.2 Å². The third-order valence-electron chi connectivity index (χ3n) is 5.72. The van der Waals surface area contributed by atoms with Crippen LogP contribution >= 0.6 is 0 Å². The minimum absolute atomic E-state index is 0.331. The molecule has 3 heterocycles. The molecule has 1 N–H and O–H groups in total. The van der Waals surface area contributed by atoms with Gasteiger partial charge in [0.15, 0.2) is 0 Å². The molecule has 8 nitrogen and oxygen atoms in total. The maximum absolute atomic E-state index is 12.9. The van der Waals surface area contributed by atoms with Crippen LogP contribution in [0, 0.1) is 0 Å². The third-order valence-corrected chi connectivity index (χ3v) is 7.85. The van der Waals surface area contributed by atoms with E-state index < -0.39 is 10.2 Å². The lowest BCUT2D eigenvalue weighted by Gasteiger charge is -2.33. The highest BCUT2D eigenvalue weighted by molar-refractivity contribution is 7.86. The number of piperidine rings is 1. The van der Waals surface area contributed by atoms with E-state index in [9.17, 15) is 8.42 Å². The average Bonchev–Trinajstić information content (AvgIpc) is 2.68. The van der Waals surface area contributed by atoms with E-state index >= 15 is 0 Å². The van der Waals surface area contributed by atoms with Crippen molar-refractivity contribution in [1.82, 2.24) is 23.5 Å². The van der Waals surface area contributed by atoms with Gasteiger partial charge >= 0.3 is 0 Å². The molecule has 9 heteroatoms. The molecule has 1 aromatic rings. The zero-order chi connectivity index (χ0) is 19.6. The standard InChI is InChI=1S/C18H32N6O2S/c1-5-23(6-2)27(25,26)24-12-9-16-15(13-24)18(19-3)21-17(20-16)14-7-10-22(4)11-8-14/h14H,5-13H2,1-4H3,(H,19,20,21). The Hall–Kier alpha value is -1.29. The van der Waals surface area contributed by atoms with Crippen molar-refractivity contribution in [2.45, 2.75) is 45.6 Å². The Labute approximate surface area is 163 Å². The van der Waals surface area contributed by atoms with Crippen LogP contribution in [0.2, 0.25) is 0 Å². The molecule has 0 radical (unpaired) electrons. The molecule has 1 fully saturated rings. The first kappa shape index (κ1) is 20.4. The number of nitrogens with one attached hydrogen (secondary N) is 1. The fourth-order valence-corrected chi connectivity index (χ4v) is 5.57. The first-order valence-electron chi connectivity index (χ1n) is 9.91. The summed E-state index contributed by atoms with van der Waals surface area (Å²) in [6.07, 6.45) is 2.77. The third kappa shape index (κ3) is 4.11. The number of hydrogen-bond acceptors (Lipinski definition) is 6. The van der Waals surface area contributed by atoms with Crippen molar-refractivity contribution < 1.29 is 8.42 Å². The molecule has 152 valence electrons. The Bertz CT molecular complexity index is 740. The van der Waals surface area contributed by atoms with Crippen LogP contribution in [0.25, 0.3) is 0 Å². The second kappa shape index (κ2) is 8.38. The van der Waals surface area contributed by atoms with Crippen molar-refractivity contribution in [2.75, 3.05) is 52.1 Å². The van der Waals surface area contributed by atoms with E-state index in [1.807, 2.05) is 20.9 Å². The summed E-state index contributed by atoms with van der Waals surface area (Å²) in [5.41, 5.74) is 1.91. The molecule has 0 atom stereocenters. The number of nitrogens with zero attached hydrogens (tertiary/aromatic N) is 5. The first-order valence-corrected chi connectivity index (χ1v) is 11.3. The topological polar surface area (TPSA) is 81.7 Å². The summed E-state index contributed by atoms with van der Waals surface area (Å²) in [6.45, 7) is 7.63. The Kier molecular flexibility index (Phi) is 6.35. The Morgan fingerprint density at radius 3 is 2.41 bits per heavy atom. The van der Waals surface area contributed by atoms with Gasteiger partial charge in [-0.1, -0.05) is 13.8 Å². The lowest BCUT2D eigenvalue weighted by Crippen LogP contribution is -2.46. The Balaban J connectivity index is 1.87. The zero-order valence-electron chi connectivity index (χ0n) is 16.9. The summed E-state index contributed by atoms with van der Waals surface area (Å²) >= 11 is 0. The minimum atomic E-state index is -3.45. The summed E-state index contributed by atoms with van der Waals surface area (Å²) in [7, 11) is 0.542. The van der Waals surface area contributed by atoms with Crippen molar-refractivity contribution in [2.24, 2.45) is 0 Å². The molecule has 2 aliphatic rings. The van der Waals surface area contributed by atoms with Crippen molar-refractivity contribution in [3.05, 3.63) is 17.1 Å². The highest BCUT2D eigenvalue weighted by Crippen LogP contribution is 2.31. The van der Waals surface area contributed by atoms with Crippen LogP contribution < -0.4 is 5.32 Å². The van der Waals surface area contributed by atoms with Gasteiger partial charge in [0, 0.05) is 51.1 Å². The molecule has 0 unspecified atom stereocenters. The monoisotopic (exact) mass is 396 g/mol. The molecular weight excluding hydrogens is 364 g/mol. The minimum Gasteiger partial charge on any atom is -0.373 e. The van der Waals surface area contributed by atoms with Gasteiger partial charge in [0.2, 0.25) is 0 Å². The van der Waals surface area contributed by atoms with E-state index in [4.69, 9.17) is 9.97 Å². The van der Waals surface area contributed by atoms with Crippen molar-refractivity contribution in [1.29, 1.82) is 0 Å². The molecule has 1 saturated heterocycles. The predicted octanol–water partition coefficient (Wildman–Crippen LogP) is 1.27. The second-order valence-corrected chi connectivity index (χ2v) is 9.29. The molecule has 2 aliphatic heterocycles. The van der Waals surface area contributed by atoms with Gasteiger partial charge < -0.3 is 10.2 Å². The number of anilines is 1. The van der Waals surface area contributed by atoms with Crippen LogP contribution in [0.1, 0.15) is 49.7 Å². The second-order valence-electron chi connectivity index (χ2n) is 7.36. The van der Waals surface area contributed by atoms with E-state index in [0.717, 1.165) is 48.8 Å². The summed E-state index contributed by atoms with van der Waals surface area (Å²) in [6, 6.07) is 0. The van der Waals surface area contributed by atoms with E-state index in [1.165, 1.54) is 4.31 Å². The van der Waals surface area contributed by atoms with Crippen LogP contribution in [0.15, 0.2) is 0 Å². The number of aromatic nitrogens is 2. The first-order chi connectivity index (χ1) is 12.9. The van der Waals surface area contributed by atoms with Crippen molar-refractivity contribution in [3.63, 3.8) is 0 Å². The maximum atomic E-state index is 12.9. The summed E-state index contributed by atoms with van der Waals surface area (Å²) < 4.78 is 28.8. The molecule has 1 aromatic heterocycles. The van der Waals surface area contributed by atoms with Crippen LogP contribution in [0.5, 0.6) is 0 Å². The smallest absolute Gasteiger partial charge is 0.282 e. The fraction of sp³-hybridized carbons (Fsp3) is 0.778. The zero-order valence-corrected chi connectivity index (χ0v) is 17.7. The number of rotatable bonds is 6. The predicted molar refractivity (Wildman–Crippen MR) is 107 cm³/mol. The van der Waals surface area contributed by atoms with Crippen molar-refractivity contribution in [3.8, 4) is 0 Å². The van der Waals surface area contributed by atoms with Gasteiger partial charge in [-0.05, 0) is 33.0 Å². The van der Waals surface area contributed by atoms with E-state index in [-0.39, 0.29) is 0 Å². The Morgan fingerprint density at radius 2 is 1.81 bits per heavy atom. The molecule has 0 bridgehead atoms. The molecule has 0 amide bonds. The summed E-state index contributed by atoms with van der Waals surface area (Å²) in [5, 5.41) is 3.18. The SMILES string of the molecule is CCN(CC)S(=O)(=O)N1CCc2nc(C3CCN(C)CC3)nc(NC)c2C1. The van der Waals surface area contributed by atoms with Gasteiger partial charge in [-0.2, -0.15) is 17.0 Å². The molecule has 0 aliphatic carbocycles. The fourth-order valence-electron chi connectivity index (χ4n) is 3.97. The summed E-state index contributed by atoms with van der Waals surface area (Å²) in [5.74, 6) is 2.07. The summed E-state index contributed by atoms with van der Waals surface area (Å²) in [4.78, 5) is 12.0. The van der Waals surface area contributed by atoms with Crippen LogP contribution in [0.4, 0.5) is 5.82 Å². The van der Waals surface area contributed by atoms with E-state index in [0.29, 0.717) is 38.5 Å². The van der Waals surface area contributed by atoms with Gasteiger partial charge in [-0.15, -0.1) is 0 Å². The lowest BCUT2D eigenvalue weighted by atomic mass is 9.95. The van der Waals surface area contributed by atoms with Gasteiger partial charge in [0.1, 0.15) is 11.6 Å². The lowest BCUT2D eigenvalue weighted by molar-refractivity contribution is 0.250. The van der Waals surface area contributed by atoms with Gasteiger partial charge in [0.25, 0.3) is 10.2 Å². The molecule has 0 aromatic carbocycles. The average molecular weight is 397 g/mol. The van der Waals surface area contributed by atoms with Crippen LogP contribution in [0.3, 0.4) is 0 Å². The molecule has 0 saturated carbocycles.